The van der Waals surface area contributed by atoms with E-state index in [0.717, 1.165) is 18.2 Å². The first-order valence-corrected chi connectivity index (χ1v) is 7.95. The van der Waals surface area contributed by atoms with Crippen molar-refractivity contribution in [1.82, 2.24) is 0 Å². The number of hydrogen-bond donors (Lipinski definition) is 2. The van der Waals surface area contributed by atoms with Gasteiger partial charge in [0.25, 0.3) is 10.0 Å². The smallest absolute Gasteiger partial charge is 0.267 e. The van der Waals surface area contributed by atoms with Crippen LogP contribution in [0.1, 0.15) is 6.42 Å². The third kappa shape index (κ3) is 3.60. The molecule has 1 aliphatic rings. The van der Waals surface area contributed by atoms with Crippen LogP contribution in [0.3, 0.4) is 0 Å². The second-order valence-electron chi connectivity index (χ2n) is 4.75. The molecular formula is C14H10F5NO4S. The number of allylic oxidation sites excluding steroid dienone is 5. The van der Waals surface area contributed by atoms with E-state index in [4.69, 9.17) is 4.74 Å². The van der Waals surface area contributed by atoms with Gasteiger partial charge in [-0.25, -0.2) is 30.4 Å². The van der Waals surface area contributed by atoms with E-state index >= 15 is 0 Å². The van der Waals surface area contributed by atoms with Crippen molar-refractivity contribution in [2.75, 3.05) is 11.8 Å². The Hall–Kier alpha value is -2.56. The van der Waals surface area contributed by atoms with E-state index in [1.165, 1.54) is 7.11 Å². The minimum atomic E-state index is -5.10. The molecule has 2 N–H and O–H groups in total. The number of ether oxygens (including phenoxy) is 1. The molecular weight excluding hydrogens is 373 g/mol. The predicted octanol–water partition coefficient (Wildman–Crippen LogP) is 4.03. The van der Waals surface area contributed by atoms with Crippen LogP contribution in [-0.4, -0.2) is 20.6 Å². The first-order valence-electron chi connectivity index (χ1n) is 6.47. The lowest BCUT2D eigenvalue weighted by molar-refractivity contribution is 0.373. The monoisotopic (exact) mass is 383 g/mol. The molecule has 0 radical (unpaired) electrons. The van der Waals surface area contributed by atoms with Crippen molar-refractivity contribution >= 4 is 15.7 Å². The average molecular weight is 383 g/mol. The maximum atomic E-state index is 13.9. The number of sulfonamides is 1. The number of benzene rings is 1. The van der Waals surface area contributed by atoms with Crippen LogP contribution in [0.4, 0.5) is 27.6 Å². The van der Waals surface area contributed by atoms with Gasteiger partial charge >= 0.3 is 0 Å². The minimum Gasteiger partial charge on any atom is -0.504 e. The normalized spacial score (nSPS) is 16.2. The van der Waals surface area contributed by atoms with Crippen LogP contribution in [0, 0.1) is 0 Å². The summed E-state index contributed by atoms with van der Waals surface area (Å²) in [6, 6.07) is 3.06. The lowest BCUT2D eigenvalue weighted by atomic mass is 10.3. The number of aromatic hydroxyl groups is 1. The topological polar surface area (TPSA) is 75.6 Å². The zero-order valence-corrected chi connectivity index (χ0v) is 13.2. The van der Waals surface area contributed by atoms with Crippen LogP contribution in [0.2, 0.25) is 0 Å². The minimum absolute atomic E-state index is 0.0201. The Morgan fingerprint density at radius 3 is 2.24 bits per heavy atom. The van der Waals surface area contributed by atoms with E-state index in [0.29, 0.717) is 0 Å². The molecule has 1 aromatic rings. The standard InChI is InChI=1S/C14H10F5NO4S/c1-24-10-3-2-6(4-9(10)21)20-25(22,23)14-8(16)5-7(15)11(17)12(18)13(14)19/h2-4,20-21H,5H2,1H3. The van der Waals surface area contributed by atoms with Gasteiger partial charge in [0, 0.05) is 6.07 Å². The van der Waals surface area contributed by atoms with Crippen LogP contribution < -0.4 is 9.46 Å². The fourth-order valence-corrected chi connectivity index (χ4v) is 3.18. The number of anilines is 1. The lowest BCUT2D eigenvalue weighted by Crippen LogP contribution is -2.17. The van der Waals surface area contributed by atoms with Gasteiger partial charge in [0.05, 0.1) is 19.2 Å². The third-order valence-corrected chi connectivity index (χ3v) is 4.52. The highest BCUT2D eigenvalue weighted by atomic mass is 32.2. The summed E-state index contributed by atoms with van der Waals surface area (Å²) in [5.74, 6) is -11.6. The number of hydrogen-bond acceptors (Lipinski definition) is 4. The van der Waals surface area contributed by atoms with Crippen LogP contribution >= 0.6 is 0 Å². The Kier molecular flexibility index (Phi) is 5.07. The maximum absolute atomic E-state index is 13.9. The molecule has 0 spiro atoms. The van der Waals surface area contributed by atoms with Gasteiger partial charge in [0.2, 0.25) is 0 Å². The van der Waals surface area contributed by atoms with E-state index in [9.17, 15) is 35.5 Å². The van der Waals surface area contributed by atoms with Crippen molar-refractivity contribution in [3.63, 3.8) is 0 Å². The SMILES string of the molecule is COc1ccc(NS(=O)(=O)C2=C(F)CC(F)=C(F)C(F)=C2F)cc1O. The summed E-state index contributed by atoms with van der Waals surface area (Å²) < 4.78 is 98.1. The van der Waals surface area contributed by atoms with Crippen molar-refractivity contribution in [1.29, 1.82) is 0 Å². The molecule has 0 atom stereocenters. The second-order valence-corrected chi connectivity index (χ2v) is 6.37. The van der Waals surface area contributed by atoms with Crippen molar-refractivity contribution in [2.45, 2.75) is 6.42 Å². The number of phenols is 1. The molecule has 0 fully saturated rings. The number of nitrogens with one attached hydrogen (secondary N) is 1. The lowest BCUT2D eigenvalue weighted by Gasteiger charge is -2.12. The van der Waals surface area contributed by atoms with E-state index < -0.39 is 56.2 Å². The Bertz CT molecular complexity index is 921. The molecule has 2 rings (SSSR count). The maximum Gasteiger partial charge on any atom is 0.267 e. The highest BCUT2D eigenvalue weighted by molar-refractivity contribution is 7.96. The molecule has 0 saturated carbocycles. The molecule has 11 heteroatoms. The van der Waals surface area contributed by atoms with Crippen LogP contribution in [-0.2, 0) is 10.0 Å². The van der Waals surface area contributed by atoms with Gasteiger partial charge in [-0.2, -0.15) is 0 Å². The summed E-state index contributed by atoms with van der Waals surface area (Å²) >= 11 is 0. The fourth-order valence-electron chi connectivity index (χ4n) is 1.95. The molecule has 5 nitrogen and oxygen atoms in total. The zero-order valence-electron chi connectivity index (χ0n) is 12.4. The summed E-state index contributed by atoms with van der Waals surface area (Å²) in [6.07, 6.45) is -1.57. The number of methoxy groups -OCH3 is 1. The first-order chi connectivity index (χ1) is 11.6. The van der Waals surface area contributed by atoms with Crippen molar-refractivity contribution in [3.8, 4) is 11.5 Å². The largest absolute Gasteiger partial charge is 0.504 e. The summed E-state index contributed by atoms with van der Waals surface area (Å²) in [7, 11) is -3.88. The Labute approximate surface area is 138 Å². The summed E-state index contributed by atoms with van der Waals surface area (Å²) in [4.78, 5) is -1.87. The number of phenolic OH excluding ortho intramolecular Hbond substituents is 1. The van der Waals surface area contributed by atoms with E-state index in [1.807, 2.05) is 0 Å². The quantitative estimate of drug-likeness (QED) is 0.770. The second kappa shape index (κ2) is 6.75. The van der Waals surface area contributed by atoms with Gasteiger partial charge in [0.15, 0.2) is 33.9 Å². The van der Waals surface area contributed by atoms with Crippen LogP contribution in [0.5, 0.6) is 11.5 Å². The van der Waals surface area contributed by atoms with E-state index in [-0.39, 0.29) is 11.4 Å². The molecule has 1 aliphatic carbocycles. The summed E-state index contributed by atoms with van der Waals surface area (Å²) in [5, 5.41) is 9.56. The van der Waals surface area contributed by atoms with Gasteiger partial charge in [-0.3, -0.25) is 4.72 Å². The van der Waals surface area contributed by atoms with Gasteiger partial charge < -0.3 is 9.84 Å². The Morgan fingerprint density at radius 2 is 1.68 bits per heavy atom. The molecule has 0 aliphatic heterocycles. The van der Waals surface area contributed by atoms with E-state index in [2.05, 4.69) is 0 Å². The van der Waals surface area contributed by atoms with E-state index in [1.54, 1.807) is 4.72 Å². The average Bonchev–Trinajstić information content (AvgIpc) is 2.58. The molecule has 25 heavy (non-hydrogen) atoms. The molecule has 0 amide bonds. The molecule has 0 unspecified atom stereocenters. The van der Waals surface area contributed by atoms with Crippen molar-refractivity contribution < 1.29 is 40.2 Å². The molecule has 0 bridgehead atoms. The molecule has 0 aromatic heterocycles. The zero-order chi connectivity index (χ0) is 18.9. The highest BCUT2D eigenvalue weighted by Gasteiger charge is 2.35. The Morgan fingerprint density at radius 1 is 1.04 bits per heavy atom. The molecule has 1 aromatic carbocycles. The van der Waals surface area contributed by atoms with Gasteiger partial charge in [-0.1, -0.05) is 0 Å². The van der Waals surface area contributed by atoms with Gasteiger partial charge in [-0.15, -0.1) is 0 Å². The molecule has 0 saturated heterocycles. The summed E-state index contributed by atoms with van der Waals surface area (Å²) in [6.45, 7) is 0. The van der Waals surface area contributed by atoms with Gasteiger partial charge in [0.1, 0.15) is 11.7 Å². The predicted molar refractivity (Wildman–Crippen MR) is 78.4 cm³/mol. The Balaban J connectivity index is 2.49. The third-order valence-electron chi connectivity index (χ3n) is 3.08. The van der Waals surface area contributed by atoms with Crippen molar-refractivity contribution in [2.24, 2.45) is 0 Å². The van der Waals surface area contributed by atoms with Crippen molar-refractivity contribution in [3.05, 3.63) is 52.2 Å². The van der Waals surface area contributed by atoms with Gasteiger partial charge in [-0.05, 0) is 12.1 Å². The van der Waals surface area contributed by atoms with Crippen LogP contribution in [0.15, 0.2) is 52.2 Å². The molecule has 136 valence electrons. The number of halogens is 5. The first kappa shape index (κ1) is 18.8. The number of rotatable bonds is 4. The molecule has 0 heterocycles. The van der Waals surface area contributed by atoms with Crippen LogP contribution in [0.25, 0.3) is 0 Å². The highest BCUT2D eigenvalue weighted by Crippen LogP contribution is 2.39. The fraction of sp³-hybridized carbons (Fsp3) is 0.143. The summed E-state index contributed by atoms with van der Waals surface area (Å²) in [5.41, 5.74) is -0.357.